The number of nitrogens with zero attached hydrogens (tertiary/aromatic N) is 2. The summed E-state index contributed by atoms with van der Waals surface area (Å²) >= 11 is 0. The van der Waals surface area contributed by atoms with E-state index in [4.69, 9.17) is 4.74 Å². The van der Waals surface area contributed by atoms with E-state index in [9.17, 15) is 0 Å². The Balaban J connectivity index is 2.32. The van der Waals surface area contributed by atoms with E-state index in [0.29, 0.717) is 0 Å². The Bertz CT molecular complexity index is 420. The van der Waals surface area contributed by atoms with E-state index in [1.165, 1.54) is 0 Å². The smallest absolute Gasteiger partial charge is 0.141 e. The van der Waals surface area contributed by atoms with Crippen LogP contribution in [-0.4, -0.2) is 16.9 Å². The molecule has 0 amide bonds. The van der Waals surface area contributed by atoms with E-state index in [-0.39, 0.29) is 6.10 Å². The second-order valence-corrected chi connectivity index (χ2v) is 2.80. The molecule has 4 nitrogen and oxygen atoms in total. The maximum absolute atomic E-state index is 5.16. The van der Waals surface area contributed by atoms with Gasteiger partial charge in [-0.15, -0.1) is 0 Å². The normalized spacial score (nSPS) is 21.5. The third kappa shape index (κ3) is 0.753. The molecule has 1 aromatic carbocycles. The van der Waals surface area contributed by atoms with E-state index in [2.05, 4.69) is 14.9 Å². The van der Waals surface area contributed by atoms with Crippen LogP contribution in [-0.2, 0) is 4.74 Å². The second-order valence-electron chi connectivity index (χ2n) is 2.80. The summed E-state index contributed by atoms with van der Waals surface area (Å²) in [4.78, 5) is 0. The minimum atomic E-state index is 0.209. The molecule has 3 rings (SSSR count). The predicted molar refractivity (Wildman–Crippen MR) is 40.5 cm³/mol. The van der Waals surface area contributed by atoms with Gasteiger partial charge in [0.15, 0.2) is 0 Å². The fraction of sp³-hybridized carbons (Fsp3) is 0.250. The summed E-state index contributed by atoms with van der Waals surface area (Å²) in [5.74, 6) is 0. The standard InChI is InChI=1S/C8H6N2O2/c1-2-5(7-4-11-7)8-6(3-1)9-12-10-8/h1-3,7H,4H2. The van der Waals surface area contributed by atoms with Gasteiger partial charge < -0.3 is 4.74 Å². The van der Waals surface area contributed by atoms with Gasteiger partial charge in [-0.25, -0.2) is 4.63 Å². The molecule has 4 heteroatoms. The number of aromatic nitrogens is 2. The molecule has 1 aliphatic heterocycles. The fourth-order valence-electron chi connectivity index (χ4n) is 1.31. The van der Waals surface area contributed by atoms with Crippen molar-refractivity contribution in [3.05, 3.63) is 23.8 Å². The molecule has 0 radical (unpaired) electrons. The lowest BCUT2D eigenvalue weighted by Crippen LogP contribution is -1.82. The molecule has 1 unspecified atom stereocenters. The zero-order valence-electron chi connectivity index (χ0n) is 6.23. The fourth-order valence-corrected chi connectivity index (χ4v) is 1.31. The molecule has 1 fully saturated rings. The van der Waals surface area contributed by atoms with Gasteiger partial charge in [-0.2, -0.15) is 0 Å². The van der Waals surface area contributed by atoms with Crippen LogP contribution < -0.4 is 0 Å². The molecular weight excluding hydrogens is 156 g/mol. The first-order chi connectivity index (χ1) is 5.95. The maximum atomic E-state index is 5.16. The highest BCUT2D eigenvalue weighted by Gasteiger charge is 2.27. The van der Waals surface area contributed by atoms with Crippen LogP contribution >= 0.6 is 0 Å². The van der Waals surface area contributed by atoms with Crippen LogP contribution in [0.4, 0.5) is 0 Å². The van der Waals surface area contributed by atoms with Crippen molar-refractivity contribution >= 4 is 11.0 Å². The number of epoxide rings is 1. The monoisotopic (exact) mass is 162 g/mol. The summed E-state index contributed by atoms with van der Waals surface area (Å²) < 4.78 is 9.79. The molecule has 1 aromatic heterocycles. The Kier molecular flexibility index (Phi) is 1.04. The molecule has 0 spiro atoms. The van der Waals surface area contributed by atoms with Crippen molar-refractivity contribution < 1.29 is 9.37 Å². The Labute approximate surface area is 68.1 Å². The van der Waals surface area contributed by atoms with Gasteiger partial charge in [0.25, 0.3) is 0 Å². The molecule has 0 N–H and O–H groups in total. The van der Waals surface area contributed by atoms with Crippen molar-refractivity contribution in [3.63, 3.8) is 0 Å². The summed E-state index contributed by atoms with van der Waals surface area (Å²) in [6.07, 6.45) is 0.209. The molecule has 0 aliphatic carbocycles. The van der Waals surface area contributed by atoms with Gasteiger partial charge in [-0.05, 0) is 16.4 Å². The van der Waals surface area contributed by atoms with Crippen molar-refractivity contribution in [2.24, 2.45) is 0 Å². The van der Waals surface area contributed by atoms with Crippen LogP contribution in [0.15, 0.2) is 22.8 Å². The average molecular weight is 162 g/mol. The molecule has 2 aromatic rings. The van der Waals surface area contributed by atoms with Crippen LogP contribution in [0, 0.1) is 0 Å². The maximum Gasteiger partial charge on any atom is 0.141 e. The molecule has 1 saturated heterocycles. The quantitative estimate of drug-likeness (QED) is 0.593. The van der Waals surface area contributed by atoms with Crippen LogP contribution in [0.25, 0.3) is 11.0 Å². The zero-order valence-corrected chi connectivity index (χ0v) is 6.23. The number of fused-ring (bicyclic) bond motifs is 1. The molecular formula is C8H6N2O2. The summed E-state index contributed by atoms with van der Waals surface area (Å²) in [6.45, 7) is 0.784. The molecule has 1 aliphatic rings. The van der Waals surface area contributed by atoms with Gasteiger partial charge in [0.1, 0.15) is 17.1 Å². The van der Waals surface area contributed by atoms with Crippen LogP contribution in [0.2, 0.25) is 0 Å². The minimum Gasteiger partial charge on any atom is -0.368 e. The molecule has 12 heavy (non-hydrogen) atoms. The van der Waals surface area contributed by atoms with Crippen molar-refractivity contribution in [1.29, 1.82) is 0 Å². The van der Waals surface area contributed by atoms with Gasteiger partial charge in [-0.3, -0.25) is 0 Å². The Morgan fingerprint density at radius 2 is 2.25 bits per heavy atom. The van der Waals surface area contributed by atoms with Gasteiger partial charge >= 0.3 is 0 Å². The first kappa shape index (κ1) is 6.14. The third-order valence-corrected chi connectivity index (χ3v) is 2.00. The summed E-state index contributed by atoms with van der Waals surface area (Å²) in [7, 11) is 0. The van der Waals surface area contributed by atoms with Gasteiger partial charge in [0.2, 0.25) is 0 Å². The number of ether oxygens (including phenoxy) is 1. The van der Waals surface area contributed by atoms with Gasteiger partial charge in [-0.1, -0.05) is 12.1 Å². The van der Waals surface area contributed by atoms with Crippen molar-refractivity contribution in [2.45, 2.75) is 6.10 Å². The van der Waals surface area contributed by atoms with Crippen LogP contribution in [0.5, 0.6) is 0 Å². The number of rotatable bonds is 1. The van der Waals surface area contributed by atoms with E-state index in [1.54, 1.807) is 0 Å². The van der Waals surface area contributed by atoms with Gasteiger partial charge in [0, 0.05) is 5.56 Å². The molecule has 0 saturated carbocycles. The first-order valence-corrected chi connectivity index (χ1v) is 3.78. The van der Waals surface area contributed by atoms with E-state index in [0.717, 1.165) is 23.2 Å². The lowest BCUT2D eigenvalue weighted by atomic mass is 10.1. The van der Waals surface area contributed by atoms with E-state index < -0.39 is 0 Å². The Hall–Kier alpha value is -1.42. The molecule has 2 heterocycles. The first-order valence-electron chi connectivity index (χ1n) is 3.78. The highest BCUT2D eigenvalue weighted by molar-refractivity contribution is 5.77. The predicted octanol–water partition coefficient (Wildman–Crippen LogP) is 1.29. The molecule has 0 bridgehead atoms. The summed E-state index contributed by atoms with van der Waals surface area (Å²) in [5, 5.41) is 7.56. The number of hydrogen-bond donors (Lipinski definition) is 0. The number of hydrogen-bond acceptors (Lipinski definition) is 4. The lowest BCUT2D eigenvalue weighted by molar-refractivity contribution is 0.315. The molecule has 1 atom stereocenters. The summed E-state index contributed by atoms with van der Waals surface area (Å²) in [5.41, 5.74) is 2.69. The Morgan fingerprint density at radius 1 is 1.33 bits per heavy atom. The number of benzene rings is 1. The largest absolute Gasteiger partial charge is 0.368 e. The lowest BCUT2D eigenvalue weighted by Gasteiger charge is -1.92. The molecule has 60 valence electrons. The SMILES string of the molecule is c1cc(C2CO2)c2nonc2c1. The van der Waals surface area contributed by atoms with Crippen molar-refractivity contribution in [2.75, 3.05) is 6.61 Å². The third-order valence-electron chi connectivity index (χ3n) is 2.00. The van der Waals surface area contributed by atoms with Crippen molar-refractivity contribution in [1.82, 2.24) is 10.3 Å². The van der Waals surface area contributed by atoms with Crippen LogP contribution in [0.1, 0.15) is 11.7 Å². The zero-order chi connectivity index (χ0) is 7.97. The topological polar surface area (TPSA) is 51.5 Å². The Morgan fingerprint density at radius 3 is 3.08 bits per heavy atom. The van der Waals surface area contributed by atoms with Crippen LogP contribution in [0.3, 0.4) is 0 Å². The van der Waals surface area contributed by atoms with Gasteiger partial charge in [0.05, 0.1) is 6.61 Å². The summed E-state index contributed by atoms with van der Waals surface area (Å²) in [6, 6.07) is 5.80. The highest BCUT2D eigenvalue weighted by Crippen LogP contribution is 2.33. The minimum absolute atomic E-state index is 0.209. The highest BCUT2D eigenvalue weighted by atomic mass is 16.6. The second kappa shape index (κ2) is 2.04. The van der Waals surface area contributed by atoms with Crippen molar-refractivity contribution in [3.8, 4) is 0 Å². The average Bonchev–Trinajstić information content (AvgIpc) is 2.82. The van der Waals surface area contributed by atoms with E-state index >= 15 is 0 Å². The van der Waals surface area contributed by atoms with E-state index in [1.807, 2.05) is 18.2 Å².